The van der Waals surface area contributed by atoms with Crippen LogP contribution in [0.2, 0.25) is 0 Å². The van der Waals surface area contributed by atoms with Crippen LogP contribution in [0.15, 0.2) is 42.7 Å². The van der Waals surface area contributed by atoms with E-state index in [-0.39, 0.29) is 6.10 Å². The van der Waals surface area contributed by atoms with Gasteiger partial charge in [0.2, 0.25) is 0 Å². The molecule has 1 aromatic carbocycles. The van der Waals surface area contributed by atoms with Crippen LogP contribution in [0.3, 0.4) is 0 Å². The molecule has 1 saturated heterocycles. The van der Waals surface area contributed by atoms with E-state index >= 15 is 0 Å². The number of β-amino-alcohol motifs (C(OH)–C–C–N with tert-alkyl or cyclic N) is 1. The minimum atomic E-state index is -0.335. The van der Waals surface area contributed by atoms with Gasteiger partial charge in [0, 0.05) is 43.2 Å². The van der Waals surface area contributed by atoms with Gasteiger partial charge in [-0.15, -0.1) is 0 Å². The second-order valence-electron chi connectivity index (χ2n) is 7.05. The summed E-state index contributed by atoms with van der Waals surface area (Å²) in [6.07, 6.45) is 5.84. The monoisotopic (exact) mass is 340 g/mol. The molecule has 2 aromatic rings. The van der Waals surface area contributed by atoms with E-state index in [4.69, 9.17) is 0 Å². The van der Waals surface area contributed by atoms with Crippen molar-refractivity contribution >= 4 is 0 Å². The quantitative estimate of drug-likeness (QED) is 0.810. The zero-order chi connectivity index (χ0) is 17.5. The molecule has 5 nitrogen and oxygen atoms in total. The van der Waals surface area contributed by atoms with Gasteiger partial charge in [-0.3, -0.25) is 0 Å². The van der Waals surface area contributed by atoms with E-state index in [9.17, 15) is 5.11 Å². The van der Waals surface area contributed by atoms with Crippen molar-refractivity contribution in [2.24, 2.45) is 5.92 Å². The molecule has 1 fully saturated rings. The molecule has 2 heterocycles. The van der Waals surface area contributed by atoms with Crippen LogP contribution < -0.4 is 5.32 Å². The van der Waals surface area contributed by atoms with Crippen molar-refractivity contribution in [1.29, 1.82) is 0 Å². The molecular formula is C20H28N4O. The van der Waals surface area contributed by atoms with Crippen molar-refractivity contribution in [3.05, 3.63) is 48.3 Å². The van der Waals surface area contributed by atoms with E-state index < -0.39 is 0 Å². The lowest BCUT2D eigenvalue weighted by Gasteiger charge is -2.31. The zero-order valence-electron chi connectivity index (χ0n) is 14.9. The third-order valence-corrected chi connectivity index (χ3v) is 4.79. The van der Waals surface area contributed by atoms with E-state index in [1.54, 1.807) is 0 Å². The molecule has 2 N–H and O–H groups in total. The maximum Gasteiger partial charge on any atom is 0.159 e. The normalized spacial score (nSPS) is 17.5. The molecule has 0 spiro atoms. The van der Waals surface area contributed by atoms with Crippen molar-refractivity contribution in [2.45, 2.75) is 32.4 Å². The van der Waals surface area contributed by atoms with Gasteiger partial charge in [0.05, 0.1) is 6.10 Å². The number of benzene rings is 1. The van der Waals surface area contributed by atoms with Gasteiger partial charge in [0.25, 0.3) is 0 Å². The second-order valence-corrected chi connectivity index (χ2v) is 7.05. The lowest BCUT2D eigenvalue weighted by Crippen LogP contribution is -2.41. The number of likely N-dealkylation sites (tertiary alicyclic amines) is 1. The standard InChI is InChI=1S/C20H28N4O/c1-16-7-9-24(10-8-16)15-19(25)14-21-11-17-12-22-20(23-13-17)18-5-3-2-4-6-18/h2-6,12-13,16,19,21,25H,7-11,14-15H2,1H3. The Balaban J connectivity index is 1.40. The first kappa shape index (κ1) is 18.0. The number of rotatable bonds is 7. The topological polar surface area (TPSA) is 61.3 Å². The minimum Gasteiger partial charge on any atom is -0.390 e. The average molecular weight is 340 g/mol. The predicted molar refractivity (Wildman–Crippen MR) is 100 cm³/mol. The van der Waals surface area contributed by atoms with Gasteiger partial charge in [-0.25, -0.2) is 9.97 Å². The van der Waals surface area contributed by atoms with Gasteiger partial charge in [0.15, 0.2) is 5.82 Å². The fraction of sp³-hybridized carbons (Fsp3) is 0.500. The Hall–Kier alpha value is -1.82. The van der Waals surface area contributed by atoms with E-state index in [2.05, 4.69) is 27.1 Å². The summed E-state index contributed by atoms with van der Waals surface area (Å²) in [5.74, 6) is 1.56. The molecule has 0 aliphatic carbocycles. The number of aliphatic hydroxyl groups excluding tert-OH is 1. The number of hydrogen-bond acceptors (Lipinski definition) is 5. The maximum atomic E-state index is 10.2. The first-order valence-electron chi connectivity index (χ1n) is 9.18. The van der Waals surface area contributed by atoms with Gasteiger partial charge in [-0.1, -0.05) is 37.3 Å². The Kier molecular flexibility index (Phi) is 6.50. The Labute approximate surface area is 150 Å². The maximum absolute atomic E-state index is 10.2. The van der Waals surface area contributed by atoms with Crippen molar-refractivity contribution < 1.29 is 5.11 Å². The Morgan fingerprint density at radius 2 is 1.84 bits per heavy atom. The molecule has 0 bridgehead atoms. The van der Waals surface area contributed by atoms with E-state index in [0.29, 0.717) is 13.1 Å². The first-order valence-corrected chi connectivity index (χ1v) is 9.18. The van der Waals surface area contributed by atoms with E-state index in [0.717, 1.165) is 42.5 Å². The SMILES string of the molecule is CC1CCN(CC(O)CNCc2cnc(-c3ccccc3)nc2)CC1. The van der Waals surface area contributed by atoms with Gasteiger partial charge in [-0.05, 0) is 31.8 Å². The van der Waals surface area contributed by atoms with E-state index in [1.807, 2.05) is 42.7 Å². The van der Waals surface area contributed by atoms with Crippen LogP contribution in [0.4, 0.5) is 0 Å². The number of nitrogens with zero attached hydrogens (tertiary/aromatic N) is 3. The first-order chi connectivity index (χ1) is 12.2. The van der Waals surface area contributed by atoms with Crippen LogP contribution in [-0.2, 0) is 6.54 Å². The summed E-state index contributed by atoms with van der Waals surface area (Å²) >= 11 is 0. The van der Waals surface area contributed by atoms with Crippen LogP contribution in [0.5, 0.6) is 0 Å². The molecule has 5 heteroatoms. The Bertz CT molecular complexity index is 624. The molecule has 25 heavy (non-hydrogen) atoms. The van der Waals surface area contributed by atoms with Crippen molar-refractivity contribution in [3.8, 4) is 11.4 Å². The van der Waals surface area contributed by atoms with Gasteiger partial charge in [0.1, 0.15) is 0 Å². The lowest BCUT2D eigenvalue weighted by molar-refractivity contribution is 0.0906. The minimum absolute atomic E-state index is 0.335. The summed E-state index contributed by atoms with van der Waals surface area (Å²) in [7, 11) is 0. The number of aromatic nitrogens is 2. The Morgan fingerprint density at radius 1 is 1.16 bits per heavy atom. The smallest absolute Gasteiger partial charge is 0.159 e. The highest BCUT2D eigenvalue weighted by molar-refractivity contribution is 5.53. The largest absolute Gasteiger partial charge is 0.390 e. The van der Waals surface area contributed by atoms with Crippen molar-refractivity contribution in [3.63, 3.8) is 0 Å². The molecule has 1 aliphatic rings. The molecule has 3 rings (SSSR count). The average Bonchev–Trinajstić information content (AvgIpc) is 2.65. The van der Waals surface area contributed by atoms with Crippen molar-refractivity contribution in [1.82, 2.24) is 20.2 Å². The van der Waals surface area contributed by atoms with Gasteiger partial charge in [-0.2, -0.15) is 0 Å². The lowest BCUT2D eigenvalue weighted by atomic mass is 9.99. The summed E-state index contributed by atoms with van der Waals surface area (Å²) in [5.41, 5.74) is 2.05. The van der Waals surface area contributed by atoms with E-state index in [1.165, 1.54) is 12.8 Å². The molecule has 0 radical (unpaired) electrons. The van der Waals surface area contributed by atoms with Crippen LogP contribution >= 0.6 is 0 Å². The molecule has 0 saturated carbocycles. The van der Waals surface area contributed by atoms with Gasteiger partial charge < -0.3 is 15.3 Å². The highest BCUT2D eigenvalue weighted by Gasteiger charge is 2.18. The van der Waals surface area contributed by atoms with Crippen LogP contribution in [0.25, 0.3) is 11.4 Å². The molecule has 0 amide bonds. The summed E-state index contributed by atoms with van der Waals surface area (Å²) in [4.78, 5) is 11.2. The summed E-state index contributed by atoms with van der Waals surface area (Å²) < 4.78 is 0. The third kappa shape index (κ3) is 5.59. The molecule has 1 aromatic heterocycles. The van der Waals surface area contributed by atoms with Crippen molar-refractivity contribution in [2.75, 3.05) is 26.2 Å². The predicted octanol–water partition coefficient (Wildman–Crippen LogP) is 2.33. The third-order valence-electron chi connectivity index (χ3n) is 4.79. The molecule has 134 valence electrons. The number of hydrogen-bond donors (Lipinski definition) is 2. The summed E-state index contributed by atoms with van der Waals surface area (Å²) in [5, 5.41) is 13.5. The molecular weight excluding hydrogens is 312 g/mol. The van der Waals surface area contributed by atoms with Gasteiger partial charge >= 0.3 is 0 Å². The molecule has 1 aliphatic heterocycles. The molecule has 1 unspecified atom stereocenters. The summed E-state index contributed by atoms with van der Waals surface area (Å²) in [6, 6.07) is 9.96. The molecule has 1 atom stereocenters. The Morgan fingerprint density at radius 3 is 2.52 bits per heavy atom. The van der Waals surface area contributed by atoms with Crippen LogP contribution in [0, 0.1) is 5.92 Å². The fourth-order valence-electron chi connectivity index (χ4n) is 3.17. The fourth-order valence-corrected chi connectivity index (χ4v) is 3.17. The van der Waals surface area contributed by atoms with Crippen LogP contribution in [0.1, 0.15) is 25.3 Å². The highest BCUT2D eigenvalue weighted by atomic mass is 16.3. The highest BCUT2D eigenvalue weighted by Crippen LogP contribution is 2.16. The summed E-state index contributed by atoms with van der Waals surface area (Å²) in [6.45, 7) is 6.53. The van der Waals surface area contributed by atoms with Crippen LogP contribution in [-0.4, -0.2) is 52.3 Å². The number of piperidine rings is 1. The number of nitrogens with one attached hydrogen (secondary N) is 1. The zero-order valence-corrected chi connectivity index (χ0v) is 14.9. The number of aliphatic hydroxyl groups is 1. The second kappa shape index (κ2) is 9.04.